The van der Waals surface area contributed by atoms with Gasteiger partial charge in [0.1, 0.15) is 24.9 Å². The highest BCUT2D eigenvalue weighted by molar-refractivity contribution is 7.92. The van der Waals surface area contributed by atoms with Gasteiger partial charge in [-0.1, -0.05) is 67.6 Å². The number of nitrogens with one attached hydrogen (secondary N) is 1. The van der Waals surface area contributed by atoms with Gasteiger partial charge in [-0.15, -0.1) is 0 Å². The van der Waals surface area contributed by atoms with Crippen LogP contribution in [0.25, 0.3) is 0 Å². The van der Waals surface area contributed by atoms with Crippen LogP contribution >= 0.6 is 0 Å². The fourth-order valence-corrected chi connectivity index (χ4v) is 5.26. The van der Waals surface area contributed by atoms with E-state index in [0.717, 1.165) is 21.7 Å². The van der Waals surface area contributed by atoms with E-state index in [-0.39, 0.29) is 12.5 Å². The third-order valence-electron chi connectivity index (χ3n) is 6.42. The van der Waals surface area contributed by atoms with Crippen LogP contribution in [0, 0.1) is 0 Å². The molecular formula is C32H41N3O5S. The van der Waals surface area contributed by atoms with E-state index in [4.69, 9.17) is 4.74 Å². The van der Waals surface area contributed by atoms with Crippen LogP contribution in [0.4, 0.5) is 5.69 Å². The molecule has 0 heterocycles. The van der Waals surface area contributed by atoms with Gasteiger partial charge in [-0.25, -0.2) is 8.42 Å². The lowest BCUT2D eigenvalue weighted by Gasteiger charge is -2.34. The molecule has 220 valence electrons. The second kappa shape index (κ2) is 14.2. The van der Waals surface area contributed by atoms with Crippen molar-refractivity contribution in [3.63, 3.8) is 0 Å². The molecule has 0 fully saturated rings. The number of nitrogens with zero attached hydrogens (tertiary/aromatic N) is 2. The summed E-state index contributed by atoms with van der Waals surface area (Å²) in [7, 11) is -3.82. The minimum atomic E-state index is -3.82. The lowest BCUT2D eigenvalue weighted by atomic mass is 10.1. The van der Waals surface area contributed by atoms with Gasteiger partial charge in [0.25, 0.3) is 0 Å². The molecule has 0 saturated heterocycles. The molecule has 41 heavy (non-hydrogen) atoms. The summed E-state index contributed by atoms with van der Waals surface area (Å²) >= 11 is 0. The normalized spacial score (nSPS) is 12.3. The Morgan fingerprint density at radius 1 is 0.878 bits per heavy atom. The average Bonchev–Trinajstić information content (AvgIpc) is 2.92. The first-order chi connectivity index (χ1) is 19.4. The molecule has 0 aromatic heterocycles. The molecule has 0 radical (unpaired) electrons. The molecule has 3 rings (SSSR count). The van der Waals surface area contributed by atoms with Crippen molar-refractivity contribution in [2.75, 3.05) is 23.7 Å². The van der Waals surface area contributed by atoms with Crippen molar-refractivity contribution in [3.8, 4) is 5.75 Å². The number of carbonyl (C=O) groups excluding carboxylic acids is 2. The van der Waals surface area contributed by atoms with Gasteiger partial charge in [0.2, 0.25) is 21.8 Å². The van der Waals surface area contributed by atoms with E-state index < -0.39 is 34.1 Å². The highest BCUT2D eigenvalue weighted by atomic mass is 32.2. The molecule has 1 N–H and O–H groups in total. The summed E-state index contributed by atoms with van der Waals surface area (Å²) in [4.78, 5) is 28.6. The molecule has 1 unspecified atom stereocenters. The van der Waals surface area contributed by atoms with Crippen LogP contribution in [0.15, 0.2) is 84.9 Å². The highest BCUT2D eigenvalue weighted by Gasteiger charge is 2.32. The Hall–Kier alpha value is -3.85. The molecule has 0 bridgehead atoms. The topological polar surface area (TPSA) is 96.0 Å². The molecule has 0 saturated carbocycles. The number of carbonyl (C=O) groups is 2. The van der Waals surface area contributed by atoms with Crippen LogP contribution in [-0.4, -0.2) is 56.1 Å². The lowest BCUT2D eigenvalue weighted by Crippen LogP contribution is -2.56. The minimum absolute atomic E-state index is 0.267. The Balaban J connectivity index is 1.82. The van der Waals surface area contributed by atoms with Crippen molar-refractivity contribution in [1.82, 2.24) is 10.2 Å². The smallest absolute Gasteiger partial charge is 0.244 e. The van der Waals surface area contributed by atoms with Crippen molar-refractivity contribution in [2.24, 2.45) is 0 Å². The van der Waals surface area contributed by atoms with Crippen LogP contribution in [-0.2, 0) is 32.6 Å². The second-order valence-electron chi connectivity index (χ2n) is 11.0. The Bertz CT molecular complexity index is 1370. The molecule has 0 aliphatic rings. The summed E-state index contributed by atoms with van der Waals surface area (Å²) in [6.45, 7) is 7.70. The maximum atomic E-state index is 13.8. The first kappa shape index (κ1) is 31.7. The average molecular weight is 580 g/mol. The van der Waals surface area contributed by atoms with Crippen LogP contribution in [0.5, 0.6) is 5.75 Å². The molecule has 0 aliphatic carbocycles. The van der Waals surface area contributed by atoms with E-state index in [0.29, 0.717) is 30.9 Å². The van der Waals surface area contributed by atoms with Crippen molar-refractivity contribution in [1.29, 1.82) is 0 Å². The molecule has 0 spiro atoms. The predicted octanol–water partition coefficient (Wildman–Crippen LogP) is 4.80. The largest absolute Gasteiger partial charge is 0.489 e. The van der Waals surface area contributed by atoms with Gasteiger partial charge in [-0.3, -0.25) is 13.9 Å². The van der Waals surface area contributed by atoms with E-state index in [2.05, 4.69) is 5.32 Å². The Morgan fingerprint density at radius 2 is 1.44 bits per heavy atom. The summed E-state index contributed by atoms with van der Waals surface area (Å²) in [6, 6.07) is 25.2. The SMILES string of the molecule is CCC(C(=O)NC(C)(C)C)N(CCc1ccccc1)C(=O)CN(c1ccc(OCc2ccccc2)cc1)S(C)(=O)=O. The van der Waals surface area contributed by atoms with Gasteiger partial charge in [0, 0.05) is 12.1 Å². The van der Waals surface area contributed by atoms with Gasteiger partial charge in [0.05, 0.1) is 11.9 Å². The summed E-state index contributed by atoms with van der Waals surface area (Å²) in [5, 5.41) is 2.97. The maximum Gasteiger partial charge on any atom is 0.244 e. The molecule has 0 aliphatic heterocycles. The number of sulfonamides is 1. The van der Waals surface area contributed by atoms with Crippen LogP contribution in [0.1, 0.15) is 45.2 Å². The molecule has 1 atom stereocenters. The third-order valence-corrected chi connectivity index (χ3v) is 7.56. The van der Waals surface area contributed by atoms with Gasteiger partial charge >= 0.3 is 0 Å². The van der Waals surface area contributed by atoms with Crippen LogP contribution < -0.4 is 14.4 Å². The third kappa shape index (κ3) is 9.93. The number of benzene rings is 3. The van der Waals surface area contributed by atoms with Crippen LogP contribution in [0.3, 0.4) is 0 Å². The van der Waals surface area contributed by atoms with Crippen LogP contribution in [0.2, 0.25) is 0 Å². The van der Waals surface area contributed by atoms with E-state index in [1.165, 1.54) is 4.90 Å². The zero-order valence-electron chi connectivity index (χ0n) is 24.5. The highest BCUT2D eigenvalue weighted by Crippen LogP contribution is 2.23. The number of ether oxygens (including phenoxy) is 1. The number of anilines is 1. The lowest BCUT2D eigenvalue weighted by molar-refractivity contribution is -0.140. The fraction of sp³-hybridized carbons (Fsp3) is 0.375. The van der Waals surface area contributed by atoms with Crippen molar-refractivity contribution < 1.29 is 22.7 Å². The Labute approximate surface area is 244 Å². The quantitative estimate of drug-likeness (QED) is 0.314. The van der Waals surface area contributed by atoms with Gasteiger partial charge < -0.3 is 15.0 Å². The van der Waals surface area contributed by atoms with E-state index >= 15 is 0 Å². The second-order valence-corrected chi connectivity index (χ2v) is 12.9. The molecule has 3 aromatic carbocycles. The zero-order chi connectivity index (χ0) is 30.0. The van der Waals surface area contributed by atoms with Gasteiger partial charge in [-0.05, 0) is 69.0 Å². The monoisotopic (exact) mass is 579 g/mol. The van der Waals surface area contributed by atoms with Crippen molar-refractivity contribution >= 4 is 27.5 Å². The van der Waals surface area contributed by atoms with E-state index in [1.807, 2.05) is 88.4 Å². The standard InChI is InChI=1S/C32H41N3O5S/c1-6-29(31(37)33-32(2,3)4)34(22-21-25-13-9-7-10-14-25)30(36)23-35(41(5,38)39)27-17-19-28(20-18-27)40-24-26-15-11-8-12-16-26/h7-20,29H,6,21-24H2,1-5H3,(H,33,37). The van der Waals surface area contributed by atoms with E-state index in [1.54, 1.807) is 24.3 Å². The van der Waals surface area contributed by atoms with Crippen molar-refractivity contribution in [2.45, 2.75) is 58.7 Å². The van der Waals surface area contributed by atoms with Crippen molar-refractivity contribution in [3.05, 3.63) is 96.1 Å². The number of rotatable bonds is 13. The molecular weight excluding hydrogens is 538 g/mol. The molecule has 9 heteroatoms. The van der Waals surface area contributed by atoms with E-state index in [9.17, 15) is 18.0 Å². The zero-order valence-corrected chi connectivity index (χ0v) is 25.4. The first-order valence-corrected chi connectivity index (χ1v) is 15.6. The number of amides is 2. The first-order valence-electron chi connectivity index (χ1n) is 13.8. The summed E-state index contributed by atoms with van der Waals surface area (Å²) in [5.74, 6) is -0.148. The minimum Gasteiger partial charge on any atom is -0.489 e. The van der Waals surface area contributed by atoms with Gasteiger partial charge in [0.15, 0.2) is 0 Å². The Kier molecular flexibility index (Phi) is 10.9. The maximum absolute atomic E-state index is 13.8. The Morgan fingerprint density at radius 3 is 1.95 bits per heavy atom. The number of hydrogen-bond acceptors (Lipinski definition) is 5. The molecule has 8 nitrogen and oxygen atoms in total. The van der Waals surface area contributed by atoms with Gasteiger partial charge in [-0.2, -0.15) is 0 Å². The fourth-order valence-electron chi connectivity index (χ4n) is 4.41. The summed E-state index contributed by atoms with van der Waals surface area (Å²) < 4.78 is 32.6. The summed E-state index contributed by atoms with van der Waals surface area (Å²) in [5.41, 5.74) is 1.88. The molecule has 3 aromatic rings. The molecule has 2 amide bonds. The summed E-state index contributed by atoms with van der Waals surface area (Å²) in [6.07, 6.45) is 1.98. The number of hydrogen-bond donors (Lipinski definition) is 1. The predicted molar refractivity (Wildman–Crippen MR) is 163 cm³/mol.